The highest BCUT2D eigenvalue weighted by Crippen LogP contribution is 2.31. The van der Waals surface area contributed by atoms with Crippen LogP contribution < -0.4 is 10.6 Å². The molecule has 7 nitrogen and oxygen atoms in total. The van der Waals surface area contributed by atoms with Crippen LogP contribution in [-0.2, 0) is 21.7 Å². The number of ether oxygens (including phenoxy) is 1. The zero-order chi connectivity index (χ0) is 30.6. The summed E-state index contributed by atoms with van der Waals surface area (Å²) in [7, 11) is 0. The predicted octanol–water partition coefficient (Wildman–Crippen LogP) is 7.88. The molecule has 1 unspecified atom stereocenters. The van der Waals surface area contributed by atoms with Crippen LogP contribution in [0.4, 0.5) is 13.9 Å². The second-order valence-corrected chi connectivity index (χ2v) is 11.4. The number of nitrogens with zero attached hydrogens (tertiary/aromatic N) is 2. The van der Waals surface area contributed by atoms with Crippen molar-refractivity contribution in [3.05, 3.63) is 59.2 Å². The molecule has 41 heavy (non-hydrogen) atoms. The maximum atomic E-state index is 14.5. The minimum atomic E-state index is -2.86. The molecule has 226 valence electrons. The number of alkyl halides is 2. The second-order valence-electron chi connectivity index (χ2n) is 10.5. The molecule has 2 N–H and O–H groups in total. The van der Waals surface area contributed by atoms with Crippen molar-refractivity contribution in [2.75, 3.05) is 11.9 Å². The molecule has 10 heteroatoms. The van der Waals surface area contributed by atoms with Crippen LogP contribution in [0.2, 0.25) is 0 Å². The maximum absolute atomic E-state index is 14.5. The number of aromatic nitrogens is 2. The number of carbonyl (C=O) groups is 2. The Morgan fingerprint density at radius 3 is 2.49 bits per heavy atom. The first kappa shape index (κ1) is 34.1. The van der Waals surface area contributed by atoms with Crippen molar-refractivity contribution in [2.24, 2.45) is 0 Å². The fraction of sp³-hybridized carbons (Fsp3) is 0.516. The predicted molar refractivity (Wildman–Crippen MR) is 163 cm³/mol. The van der Waals surface area contributed by atoms with Gasteiger partial charge in [-0.05, 0) is 44.9 Å². The molecule has 0 aliphatic heterocycles. The number of nitrogens with one attached hydrogen (secondary N) is 2. The molecule has 0 radical (unpaired) electrons. The molecule has 0 aliphatic carbocycles. The van der Waals surface area contributed by atoms with Gasteiger partial charge in [0.05, 0.1) is 24.4 Å². The van der Waals surface area contributed by atoms with E-state index in [1.807, 2.05) is 76.6 Å². The molecule has 1 aromatic carbocycles. The van der Waals surface area contributed by atoms with Crippen molar-refractivity contribution in [1.29, 1.82) is 0 Å². The van der Waals surface area contributed by atoms with Crippen LogP contribution in [0, 0.1) is 0 Å². The van der Waals surface area contributed by atoms with Gasteiger partial charge in [-0.15, -0.1) is 11.3 Å². The number of rotatable bonds is 13. The summed E-state index contributed by atoms with van der Waals surface area (Å²) in [5.41, 5.74) is 2.53. The highest BCUT2D eigenvalue weighted by atomic mass is 32.1. The summed E-state index contributed by atoms with van der Waals surface area (Å²) in [4.78, 5) is 29.3. The van der Waals surface area contributed by atoms with Crippen molar-refractivity contribution in [2.45, 2.75) is 98.3 Å². The molecular formula is C31H44F2N4O3S. The van der Waals surface area contributed by atoms with E-state index < -0.39 is 17.9 Å². The monoisotopic (exact) mass is 590 g/mol. The van der Waals surface area contributed by atoms with Gasteiger partial charge in [0.15, 0.2) is 5.13 Å². The van der Waals surface area contributed by atoms with Gasteiger partial charge in [-0.1, -0.05) is 58.7 Å². The molecule has 2 amide bonds. The van der Waals surface area contributed by atoms with Gasteiger partial charge in [0.25, 0.3) is 11.8 Å². The third-order valence-electron chi connectivity index (χ3n) is 6.17. The topological polar surface area (TPSA) is 85.3 Å². The molecule has 0 saturated heterocycles. The molecule has 0 saturated carbocycles. The Balaban J connectivity index is 0.00000287. The van der Waals surface area contributed by atoms with E-state index in [1.54, 1.807) is 24.6 Å². The van der Waals surface area contributed by atoms with Crippen LogP contribution in [0.1, 0.15) is 90.1 Å². The number of halogens is 2. The SMILES string of the molecule is CC.CCCC(OCc1cccc(-c2csc(NC(=O)CNC(=O)c3ccn(C(C)(C)C)c3)n2)c1)C(F)(F)CCC. The Kier molecular flexibility index (Phi) is 13.1. The smallest absolute Gasteiger partial charge is 0.273 e. The zero-order valence-corrected chi connectivity index (χ0v) is 26.0. The lowest BCUT2D eigenvalue weighted by Gasteiger charge is -2.26. The minimum absolute atomic E-state index is 0.0738. The number of hydrogen-bond donors (Lipinski definition) is 2. The Bertz CT molecular complexity index is 1250. The van der Waals surface area contributed by atoms with Gasteiger partial charge in [-0.2, -0.15) is 0 Å². The molecule has 0 aliphatic rings. The summed E-state index contributed by atoms with van der Waals surface area (Å²) in [6.45, 7) is 13.6. The van der Waals surface area contributed by atoms with Gasteiger partial charge in [-0.3, -0.25) is 9.59 Å². The standard InChI is InChI=1S/C29H38F2N4O3S.C2H6/c1-6-9-24(29(30,31)13-7-2)38-18-20-10-8-11-21(15-20)23-19-39-27(33-23)34-25(36)16-32-26(37)22-12-14-35(17-22)28(3,4)5;1-2/h8,10-12,14-15,17,19,24H,6-7,9,13,16,18H2,1-5H3,(H,32,37)(H,33,34,36);1-2H3. The lowest BCUT2D eigenvalue weighted by Crippen LogP contribution is -2.35. The van der Waals surface area contributed by atoms with E-state index >= 15 is 0 Å². The number of amides is 2. The maximum Gasteiger partial charge on any atom is 0.273 e. The lowest BCUT2D eigenvalue weighted by molar-refractivity contribution is -0.149. The first-order valence-electron chi connectivity index (χ1n) is 14.2. The number of thiazole rings is 1. The summed E-state index contributed by atoms with van der Waals surface area (Å²) in [6, 6.07) is 9.09. The van der Waals surface area contributed by atoms with Crippen LogP contribution in [0.25, 0.3) is 11.3 Å². The van der Waals surface area contributed by atoms with E-state index in [4.69, 9.17) is 4.74 Å². The second kappa shape index (κ2) is 15.8. The van der Waals surface area contributed by atoms with Crippen molar-refractivity contribution < 1.29 is 23.1 Å². The summed E-state index contributed by atoms with van der Waals surface area (Å²) >= 11 is 1.26. The average molecular weight is 591 g/mol. The van der Waals surface area contributed by atoms with E-state index in [1.165, 1.54) is 11.3 Å². The Morgan fingerprint density at radius 2 is 1.85 bits per heavy atom. The Morgan fingerprint density at radius 1 is 1.12 bits per heavy atom. The van der Waals surface area contributed by atoms with E-state index in [-0.39, 0.29) is 31.0 Å². The van der Waals surface area contributed by atoms with Crippen LogP contribution >= 0.6 is 11.3 Å². The van der Waals surface area contributed by atoms with E-state index in [9.17, 15) is 18.4 Å². The third-order valence-corrected chi connectivity index (χ3v) is 6.93. The first-order chi connectivity index (χ1) is 19.4. The average Bonchev–Trinajstić information content (AvgIpc) is 3.61. The molecule has 2 aromatic heterocycles. The number of anilines is 1. The van der Waals surface area contributed by atoms with Gasteiger partial charge in [0.2, 0.25) is 5.91 Å². The van der Waals surface area contributed by atoms with Crippen molar-refractivity contribution in [3.8, 4) is 11.3 Å². The summed E-state index contributed by atoms with van der Waals surface area (Å²) < 4.78 is 36.5. The molecule has 0 spiro atoms. The van der Waals surface area contributed by atoms with E-state index in [0.29, 0.717) is 35.7 Å². The highest BCUT2D eigenvalue weighted by molar-refractivity contribution is 7.14. The van der Waals surface area contributed by atoms with Gasteiger partial charge < -0.3 is 19.9 Å². The largest absolute Gasteiger partial charge is 0.367 e. The first-order valence-corrected chi connectivity index (χ1v) is 15.1. The molecule has 1 atom stereocenters. The van der Waals surface area contributed by atoms with Gasteiger partial charge in [0, 0.05) is 35.3 Å². The summed E-state index contributed by atoms with van der Waals surface area (Å²) in [5, 5.41) is 7.53. The van der Waals surface area contributed by atoms with E-state index in [2.05, 4.69) is 15.6 Å². The number of hydrogen-bond acceptors (Lipinski definition) is 5. The number of benzene rings is 1. The van der Waals surface area contributed by atoms with E-state index in [0.717, 1.165) is 11.1 Å². The van der Waals surface area contributed by atoms with Crippen LogP contribution in [-0.4, -0.2) is 39.9 Å². The van der Waals surface area contributed by atoms with Crippen LogP contribution in [0.5, 0.6) is 0 Å². The van der Waals surface area contributed by atoms with Crippen molar-refractivity contribution >= 4 is 28.3 Å². The fourth-order valence-electron chi connectivity index (χ4n) is 4.03. The third kappa shape index (κ3) is 10.3. The van der Waals surface area contributed by atoms with Crippen LogP contribution in [0.15, 0.2) is 48.1 Å². The lowest BCUT2D eigenvalue weighted by atomic mass is 10.0. The van der Waals surface area contributed by atoms with Crippen molar-refractivity contribution in [3.63, 3.8) is 0 Å². The molecule has 2 heterocycles. The molecule has 3 rings (SSSR count). The van der Waals surface area contributed by atoms with Gasteiger partial charge >= 0.3 is 0 Å². The Hall–Kier alpha value is -3.11. The molecule has 0 fully saturated rings. The molecular weight excluding hydrogens is 546 g/mol. The quantitative estimate of drug-likeness (QED) is 0.212. The minimum Gasteiger partial charge on any atom is -0.367 e. The Labute approximate surface area is 246 Å². The summed E-state index contributed by atoms with van der Waals surface area (Å²) in [6.07, 6.45) is 3.58. The van der Waals surface area contributed by atoms with Gasteiger partial charge in [0.1, 0.15) is 6.10 Å². The van der Waals surface area contributed by atoms with Gasteiger partial charge in [-0.25, -0.2) is 13.8 Å². The molecule has 3 aromatic rings. The van der Waals surface area contributed by atoms with Crippen LogP contribution in [0.3, 0.4) is 0 Å². The highest BCUT2D eigenvalue weighted by Gasteiger charge is 2.38. The zero-order valence-electron chi connectivity index (χ0n) is 25.2. The summed E-state index contributed by atoms with van der Waals surface area (Å²) in [5.74, 6) is -3.58. The molecule has 0 bridgehead atoms. The number of carbonyl (C=O) groups excluding carboxylic acids is 2. The fourth-order valence-corrected chi connectivity index (χ4v) is 4.76. The van der Waals surface area contributed by atoms with Crippen molar-refractivity contribution in [1.82, 2.24) is 14.9 Å². The normalized spacial score (nSPS) is 12.3.